The summed E-state index contributed by atoms with van der Waals surface area (Å²) in [5.74, 6) is 0. The third-order valence-electron chi connectivity index (χ3n) is 8.33. The molecular formula is C37H21N3S. The van der Waals surface area contributed by atoms with Crippen LogP contribution in [0.1, 0.15) is 5.56 Å². The highest BCUT2D eigenvalue weighted by Crippen LogP contribution is 2.39. The number of rotatable bonds is 2. The molecule has 0 saturated heterocycles. The molecular weight excluding hydrogens is 518 g/mol. The topological polar surface area (TPSA) is 33.6 Å². The van der Waals surface area contributed by atoms with E-state index in [2.05, 4.69) is 130 Å². The van der Waals surface area contributed by atoms with Crippen LogP contribution in [0.4, 0.5) is 0 Å². The van der Waals surface area contributed by atoms with Crippen molar-refractivity contribution in [1.82, 2.24) is 9.13 Å². The van der Waals surface area contributed by atoms with Crippen LogP contribution in [0, 0.1) is 11.3 Å². The fourth-order valence-corrected chi connectivity index (χ4v) is 7.64. The van der Waals surface area contributed by atoms with E-state index in [1.54, 1.807) is 0 Å². The molecule has 0 aliphatic carbocycles. The summed E-state index contributed by atoms with van der Waals surface area (Å²) in [5.41, 5.74) is 7.56. The summed E-state index contributed by atoms with van der Waals surface area (Å²) in [5, 5.41) is 16.8. The van der Waals surface area contributed by atoms with E-state index in [0.29, 0.717) is 5.56 Å². The van der Waals surface area contributed by atoms with Crippen LogP contribution >= 0.6 is 11.3 Å². The van der Waals surface area contributed by atoms with E-state index in [1.165, 1.54) is 47.7 Å². The molecule has 3 aromatic heterocycles. The Balaban J connectivity index is 1.33. The number of thiophene rings is 1. The van der Waals surface area contributed by atoms with Crippen LogP contribution in [0.3, 0.4) is 0 Å². The van der Waals surface area contributed by atoms with Gasteiger partial charge < -0.3 is 9.13 Å². The van der Waals surface area contributed by atoms with Gasteiger partial charge in [-0.1, -0.05) is 54.6 Å². The molecule has 9 aromatic rings. The Bertz CT molecular complexity index is 2550. The van der Waals surface area contributed by atoms with Gasteiger partial charge in [0.1, 0.15) is 0 Å². The van der Waals surface area contributed by atoms with Crippen LogP contribution in [0.25, 0.3) is 75.2 Å². The lowest BCUT2D eigenvalue weighted by molar-refractivity contribution is 1.17. The van der Waals surface area contributed by atoms with Crippen molar-refractivity contribution in [3.8, 4) is 17.4 Å². The van der Waals surface area contributed by atoms with E-state index < -0.39 is 0 Å². The third-order valence-corrected chi connectivity index (χ3v) is 9.49. The first-order valence-electron chi connectivity index (χ1n) is 13.7. The number of hydrogen-bond acceptors (Lipinski definition) is 2. The van der Waals surface area contributed by atoms with Crippen molar-refractivity contribution >= 4 is 75.1 Å². The SMILES string of the molecule is N#Cc1ccc2c(c1)c1ccccc1n2-c1ccc2c(c1)c1ccccc1n2-c1ccc2sc3ccccc3c2c1. The molecule has 0 amide bonds. The van der Waals surface area contributed by atoms with Crippen molar-refractivity contribution in [2.24, 2.45) is 0 Å². The number of aromatic nitrogens is 2. The van der Waals surface area contributed by atoms with Crippen molar-refractivity contribution in [1.29, 1.82) is 5.26 Å². The summed E-state index contributed by atoms with van der Waals surface area (Å²) in [6, 6.07) is 47.7. The number of nitriles is 1. The van der Waals surface area contributed by atoms with Gasteiger partial charge in [0.25, 0.3) is 0 Å². The highest BCUT2D eigenvalue weighted by atomic mass is 32.1. The molecule has 190 valence electrons. The zero-order valence-electron chi connectivity index (χ0n) is 21.9. The lowest BCUT2D eigenvalue weighted by atomic mass is 10.1. The first-order chi connectivity index (χ1) is 20.3. The van der Waals surface area contributed by atoms with Crippen molar-refractivity contribution < 1.29 is 0 Å². The van der Waals surface area contributed by atoms with E-state index in [1.807, 2.05) is 23.5 Å². The summed E-state index contributed by atoms with van der Waals surface area (Å²) in [6.07, 6.45) is 0. The van der Waals surface area contributed by atoms with Gasteiger partial charge in [-0.05, 0) is 72.8 Å². The molecule has 0 aliphatic rings. The van der Waals surface area contributed by atoms with Crippen LogP contribution in [0.2, 0.25) is 0 Å². The van der Waals surface area contributed by atoms with Crippen molar-refractivity contribution in [2.75, 3.05) is 0 Å². The first-order valence-corrected chi connectivity index (χ1v) is 14.5. The van der Waals surface area contributed by atoms with Crippen LogP contribution in [-0.2, 0) is 0 Å². The van der Waals surface area contributed by atoms with Crippen molar-refractivity contribution in [3.63, 3.8) is 0 Å². The fraction of sp³-hybridized carbons (Fsp3) is 0. The molecule has 0 bridgehead atoms. The van der Waals surface area contributed by atoms with Gasteiger partial charge in [0, 0.05) is 53.1 Å². The second-order valence-corrected chi connectivity index (χ2v) is 11.6. The maximum absolute atomic E-state index is 9.55. The minimum absolute atomic E-state index is 0.675. The Labute approximate surface area is 239 Å². The van der Waals surface area contributed by atoms with E-state index in [9.17, 15) is 5.26 Å². The summed E-state index contributed by atoms with van der Waals surface area (Å²) in [7, 11) is 0. The summed E-state index contributed by atoms with van der Waals surface area (Å²) < 4.78 is 7.34. The minimum Gasteiger partial charge on any atom is -0.309 e. The maximum atomic E-state index is 9.55. The second kappa shape index (κ2) is 8.32. The van der Waals surface area contributed by atoms with Crippen molar-refractivity contribution in [3.05, 3.63) is 133 Å². The zero-order valence-corrected chi connectivity index (χ0v) is 22.7. The third kappa shape index (κ3) is 3.12. The van der Waals surface area contributed by atoms with Crippen molar-refractivity contribution in [2.45, 2.75) is 0 Å². The van der Waals surface area contributed by atoms with Gasteiger partial charge >= 0.3 is 0 Å². The number of fused-ring (bicyclic) bond motifs is 9. The molecule has 9 rings (SSSR count). The van der Waals surface area contributed by atoms with E-state index in [0.717, 1.165) is 27.5 Å². The molecule has 3 heterocycles. The molecule has 0 fully saturated rings. The standard InChI is InChI=1S/C37H21N3S/c38-22-23-13-16-34-29(19-23)26-7-1-4-10-32(26)39(34)24-14-17-35-30(20-24)27-8-2-5-11-33(27)40(35)25-15-18-37-31(21-25)28-9-3-6-12-36(28)41-37/h1-21H. The molecule has 0 spiro atoms. The van der Waals surface area contributed by atoms with Gasteiger partial charge in [-0.2, -0.15) is 5.26 Å². The Morgan fingerprint density at radius 2 is 0.951 bits per heavy atom. The number of benzene rings is 6. The Morgan fingerprint density at radius 3 is 1.66 bits per heavy atom. The predicted octanol–water partition coefficient (Wildman–Crippen LogP) is 10.1. The maximum Gasteiger partial charge on any atom is 0.0991 e. The van der Waals surface area contributed by atoms with E-state index in [4.69, 9.17) is 0 Å². The highest BCUT2D eigenvalue weighted by Gasteiger charge is 2.17. The quantitative estimate of drug-likeness (QED) is 0.215. The summed E-state index contributed by atoms with van der Waals surface area (Å²) in [4.78, 5) is 0. The molecule has 0 aliphatic heterocycles. The van der Waals surface area contributed by atoms with Gasteiger partial charge in [-0.15, -0.1) is 11.3 Å². The molecule has 0 N–H and O–H groups in total. The predicted molar refractivity (Wildman–Crippen MR) is 173 cm³/mol. The first kappa shape index (κ1) is 22.4. The monoisotopic (exact) mass is 539 g/mol. The second-order valence-electron chi connectivity index (χ2n) is 10.5. The van der Waals surface area contributed by atoms with E-state index in [-0.39, 0.29) is 0 Å². The molecule has 0 radical (unpaired) electrons. The van der Waals surface area contributed by atoms with Crippen LogP contribution in [-0.4, -0.2) is 9.13 Å². The lowest BCUT2D eigenvalue weighted by Crippen LogP contribution is -1.95. The highest BCUT2D eigenvalue weighted by molar-refractivity contribution is 7.25. The Kier molecular flexibility index (Phi) is 4.55. The molecule has 41 heavy (non-hydrogen) atoms. The smallest absolute Gasteiger partial charge is 0.0991 e. The van der Waals surface area contributed by atoms with Gasteiger partial charge in [-0.3, -0.25) is 0 Å². The van der Waals surface area contributed by atoms with Gasteiger partial charge in [0.2, 0.25) is 0 Å². The fourth-order valence-electron chi connectivity index (χ4n) is 6.55. The Hall–Kier alpha value is -5.37. The van der Waals surface area contributed by atoms with Crippen LogP contribution in [0.15, 0.2) is 127 Å². The molecule has 3 nitrogen and oxygen atoms in total. The molecule has 0 saturated carbocycles. The number of para-hydroxylation sites is 2. The molecule has 0 atom stereocenters. The zero-order chi connectivity index (χ0) is 27.1. The normalized spacial score (nSPS) is 11.9. The van der Waals surface area contributed by atoms with Gasteiger partial charge in [-0.25, -0.2) is 0 Å². The number of nitrogens with zero attached hydrogens (tertiary/aromatic N) is 3. The Morgan fingerprint density at radius 1 is 0.439 bits per heavy atom. The molecule has 4 heteroatoms. The van der Waals surface area contributed by atoms with Crippen LogP contribution in [0.5, 0.6) is 0 Å². The number of hydrogen-bond donors (Lipinski definition) is 0. The summed E-state index contributed by atoms with van der Waals surface area (Å²) >= 11 is 1.85. The minimum atomic E-state index is 0.675. The summed E-state index contributed by atoms with van der Waals surface area (Å²) in [6.45, 7) is 0. The average Bonchev–Trinajstić information content (AvgIpc) is 3.67. The average molecular weight is 540 g/mol. The van der Waals surface area contributed by atoms with E-state index >= 15 is 0 Å². The van der Waals surface area contributed by atoms with Crippen LogP contribution < -0.4 is 0 Å². The van der Waals surface area contributed by atoms with Gasteiger partial charge in [0.15, 0.2) is 0 Å². The largest absolute Gasteiger partial charge is 0.309 e. The van der Waals surface area contributed by atoms with Gasteiger partial charge in [0.05, 0.1) is 33.7 Å². The molecule has 0 unspecified atom stereocenters. The molecule has 6 aromatic carbocycles. The lowest BCUT2D eigenvalue weighted by Gasteiger charge is -2.10.